The largest absolute Gasteiger partial charge is 0.504 e. The second-order valence-corrected chi connectivity index (χ2v) is 6.47. The Balaban J connectivity index is 1.91. The lowest BCUT2D eigenvalue weighted by molar-refractivity contribution is -0.122. The predicted molar refractivity (Wildman–Crippen MR) is 101 cm³/mol. The minimum Gasteiger partial charge on any atom is -0.504 e. The number of rotatable bonds is 4. The molecule has 1 saturated heterocycles. The Kier molecular flexibility index (Phi) is 5.27. The number of thioether (sulfide) groups is 1. The molecule has 0 radical (unpaired) electrons. The predicted octanol–water partition coefficient (Wildman–Crippen LogP) is 4.16. The maximum absolute atomic E-state index is 13.0. The van der Waals surface area contributed by atoms with Gasteiger partial charge in [0, 0.05) is 6.54 Å². The number of aromatic hydroxyl groups is 1. The SMILES string of the molecule is CCN1C(=O)/C(=C\c2ccc(OC)c(O)c2)SC1=Nc1ccc(F)cc1. The number of methoxy groups -OCH3 is 1. The number of likely N-dealkylation sites (N-methyl/N-ethyl adjacent to an activating group) is 1. The van der Waals surface area contributed by atoms with E-state index in [0.717, 1.165) is 0 Å². The highest BCUT2D eigenvalue weighted by Gasteiger charge is 2.32. The number of aliphatic imine (C=N–C) groups is 1. The topological polar surface area (TPSA) is 62.1 Å². The summed E-state index contributed by atoms with van der Waals surface area (Å²) in [5.74, 6) is -0.124. The number of hydrogen-bond donors (Lipinski definition) is 1. The molecule has 1 aliphatic heterocycles. The molecule has 0 spiro atoms. The molecule has 3 rings (SSSR count). The fourth-order valence-electron chi connectivity index (χ4n) is 2.44. The van der Waals surface area contributed by atoms with Crippen molar-refractivity contribution in [3.05, 3.63) is 58.8 Å². The molecule has 0 unspecified atom stereocenters. The van der Waals surface area contributed by atoms with E-state index in [4.69, 9.17) is 4.74 Å². The smallest absolute Gasteiger partial charge is 0.266 e. The minimum absolute atomic E-state index is 0.00449. The van der Waals surface area contributed by atoms with Gasteiger partial charge in [-0.05, 0) is 66.7 Å². The number of amidine groups is 1. The zero-order valence-corrected chi connectivity index (χ0v) is 15.1. The van der Waals surface area contributed by atoms with Crippen LogP contribution in [-0.2, 0) is 4.79 Å². The summed E-state index contributed by atoms with van der Waals surface area (Å²) in [7, 11) is 1.47. The van der Waals surface area contributed by atoms with Gasteiger partial charge in [0.2, 0.25) is 0 Å². The first kappa shape index (κ1) is 18.0. The molecule has 0 aromatic heterocycles. The van der Waals surface area contributed by atoms with Gasteiger partial charge in [-0.2, -0.15) is 0 Å². The summed E-state index contributed by atoms with van der Waals surface area (Å²) in [5.41, 5.74) is 1.25. The summed E-state index contributed by atoms with van der Waals surface area (Å²) in [6.45, 7) is 2.33. The van der Waals surface area contributed by atoms with Gasteiger partial charge in [-0.1, -0.05) is 6.07 Å². The average Bonchev–Trinajstić information content (AvgIpc) is 2.91. The van der Waals surface area contributed by atoms with Crippen LogP contribution in [0.4, 0.5) is 10.1 Å². The van der Waals surface area contributed by atoms with E-state index in [9.17, 15) is 14.3 Å². The van der Waals surface area contributed by atoms with Gasteiger partial charge in [-0.3, -0.25) is 9.69 Å². The number of nitrogens with zero attached hydrogens (tertiary/aromatic N) is 2. The number of hydrogen-bond acceptors (Lipinski definition) is 5. The quantitative estimate of drug-likeness (QED) is 0.819. The van der Waals surface area contributed by atoms with Gasteiger partial charge in [0.15, 0.2) is 16.7 Å². The summed E-state index contributed by atoms with van der Waals surface area (Å²) in [6.07, 6.45) is 1.70. The highest BCUT2D eigenvalue weighted by Crippen LogP contribution is 2.35. The molecule has 0 saturated carbocycles. The van der Waals surface area contributed by atoms with Gasteiger partial charge in [-0.25, -0.2) is 9.38 Å². The molecular formula is C19H17FN2O3S. The molecule has 5 nitrogen and oxygen atoms in total. The van der Waals surface area contributed by atoms with Crippen molar-refractivity contribution in [2.45, 2.75) is 6.92 Å². The minimum atomic E-state index is -0.337. The van der Waals surface area contributed by atoms with Crippen LogP contribution in [0.1, 0.15) is 12.5 Å². The maximum Gasteiger partial charge on any atom is 0.266 e. The molecule has 26 heavy (non-hydrogen) atoms. The number of ether oxygens (including phenoxy) is 1. The Hall–Kier alpha value is -2.80. The van der Waals surface area contributed by atoms with Gasteiger partial charge < -0.3 is 9.84 Å². The molecule has 2 aromatic rings. The van der Waals surface area contributed by atoms with Crippen LogP contribution in [0.25, 0.3) is 6.08 Å². The van der Waals surface area contributed by atoms with Crippen LogP contribution in [-0.4, -0.2) is 34.7 Å². The van der Waals surface area contributed by atoms with Crippen molar-refractivity contribution >= 4 is 34.6 Å². The van der Waals surface area contributed by atoms with E-state index in [1.165, 1.54) is 37.1 Å². The van der Waals surface area contributed by atoms with Crippen molar-refractivity contribution < 1.29 is 19.0 Å². The first-order chi connectivity index (χ1) is 12.5. The second-order valence-electron chi connectivity index (χ2n) is 5.46. The Bertz CT molecular complexity index is 894. The van der Waals surface area contributed by atoms with E-state index < -0.39 is 0 Å². The Labute approximate surface area is 154 Å². The Morgan fingerprint density at radius 1 is 1.27 bits per heavy atom. The van der Waals surface area contributed by atoms with E-state index in [2.05, 4.69) is 4.99 Å². The lowest BCUT2D eigenvalue weighted by atomic mass is 10.2. The van der Waals surface area contributed by atoms with Crippen LogP contribution in [0.3, 0.4) is 0 Å². The Morgan fingerprint density at radius 3 is 2.62 bits per heavy atom. The molecule has 0 bridgehead atoms. The summed E-state index contributed by atoms with van der Waals surface area (Å²) in [4.78, 5) is 19.1. The lowest BCUT2D eigenvalue weighted by Crippen LogP contribution is -2.28. The van der Waals surface area contributed by atoms with Crippen LogP contribution in [0, 0.1) is 5.82 Å². The first-order valence-electron chi connectivity index (χ1n) is 7.94. The monoisotopic (exact) mass is 372 g/mol. The summed E-state index contributed by atoms with van der Waals surface area (Å²) >= 11 is 1.24. The zero-order chi connectivity index (χ0) is 18.7. The zero-order valence-electron chi connectivity index (χ0n) is 14.3. The highest BCUT2D eigenvalue weighted by atomic mass is 32.2. The molecule has 1 heterocycles. The third-order valence-electron chi connectivity index (χ3n) is 3.76. The van der Waals surface area contributed by atoms with Gasteiger partial charge in [0.1, 0.15) is 5.82 Å². The summed E-state index contributed by atoms with van der Waals surface area (Å²) < 4.78 is 18.1. The molecule has 1 N–H and O–H groups in total. The van der Waals surface area contributed by atoms with E-state index >= 15 is 0 Å². The number of benzene rings is 2. The lowest BCUT2D eigenvalue weighted by Gasteiger charge is -2.11. The van der Waals surface area contributed by atoms with Crippen molar-refractivity contribution in [1.82, 2.24) is 4.90 Å². The van der Waals surface area contributed by atoms with Crippen molar-refractivity contribution in [2.75, 3.05) is 13.7 Å². The first-order valence-corrected chi connectivity index (χ1v) is 8.76. The number of amides is 1. The van der Waals surface area contributed by atoms with E-state index in [0.29, 0.717) is 33.6 Å². The van der Waals surface area contributed by atoms with Crippen LogP contribution >= 0.6 is 11.8 Å². The number of carbonyl (C=O) groups is 1. The normalized spacial score (nSPS) is 17.3. The standard InChI is InChI=1S/C19H17FN2O3S/c1-3-22-18(24)17(11-12-4-9-16(25-2)15(23)10-12)26-19(22)21-14-7-5-13(20)6-8-14/h4-11,23H,3H2,1-2H3/b17-11+,21-19?. The number of halogens is 1. The molecule has 1 fully saturated rings. The maximum atomic E-state index is 13.0. The fraction of sp³-hybridized carbons (Fsp3) is 0.158. The molecular weight excluding hydrogens is 355 g/mol. The van der Waals surface area contributed by atoms with E-state index in [-0.39, 0.29) is 17.5 Å². The number of carbonyl (C=O) groups excluding carboxylic acids is 1. The Morgan fingerprint density at radius 2 is 2.00 bits per heavy atom. The van der Waals surface area contributed by atoms with Gasteiger partial charge in [0.25, 0.3) is 5.91 Å². The summed E-state index contributed by atoms with van der Waals surface area (Å²) in [5, 5.41) is 10.4. The molecule has 1 amide bonds. The van der Waals surface area contributed by atoms with Crippen molar-refractivity contribution in [3.8, 4) is 11.5 Å². The van der Waals surface area contributed by atoms with Gasteiger partial charge in [0.05, 0.1) is 17.7 Å². The third-order valence-corrected chi connectivity index (χ3v) is 4.76. The molecule has 134 valence electrons. The summed E-state index contributed by atoms with van der Waals surface area (Å²) in [6, 6.07) is 10.7. The average molecular weight is 372 g/mol. The highest BCUT2D eigenvalue weighted by molar-refractivity contribution is 8.18. The van der Waals surface area contributed by atoms with Crippen molar-refractivity contribution in [1.29, 1.82) is 0 Å². The molecule has 0 aliphatic carbocycles. The molecule has 7 heteroatoms. The third kappa shape index (κ3) is 3.72. The van der Waals surface area contributed by atoms with Gasteiger partial charge in [-0.15, -0.1) is 0 Å². The van der Waals surface area contributed by atoms with Crippen LogP contribution < -0.4 is 4.74 Å². The molecule has 1 aliphatic rings. The van der Waals surface area contributed by atoms with Crippen LogP contribution in [0.2, 0.25) is 0 Å². The number of phenols is 1. The van der Waals surface area contributed by atoms with Gasteiger partial charge >= 0.3 is 0 Å². The van der Waals surface area contributed by atoms with E-state index in [1.54, 1.807) is 35.2 Å². The van der Waals surface area contributed by atoms with E-state index in [1.807, 2.05) is 6.92 Å². The van der Waals surface area contributed by atoms with Crippen LogP contribution in [0.5, 0.6) is 11.5 Å². The van der Waals surface area contributed by atoms with Crippen molar-refractivity contribution in [2.24, 2.45) is 4.99 Å². The number of phenolic OH excluding ortho intramolecular Hbond substituents is 1. The molecule has 2 aromatic carbocycles. The fourth-order valence-corrected chi connectivity index (χ4v) is 3.51. The van der Waals surface area contributed by atoms with Crippen LogP contribution in [0.15, 0.2) is 52.4 Å². The second kappa shape index (κ2) is 7.61. The van der Waals surface area contributed by atoms with Crippen molar-refractivity contribution in [3.63, 3.8) is 0 Å². The molecule has 0 atom stereocenters.